The summed E-state index contributed by atoms with van der Waals surface area (Å²) < 4.78 is 0. The van der Waals surface area contributed by atoms with Gasteiger partial charge in [-0.05, 0) is 37.5 Å². The Kier molecular flexibility index (Phi) is 3.69. The summed E-state index contributed by atoms with van der Waals surface area (Å²) in [7, 11) is 0. The number of nitrogens with zero attached hydrogens (tertiary/aromatic N) is 1. The molecule has 0 aliphatic heterocycles. The quantitative estimate of drug-likeness (QED) is 0.881. The van der Waals surface area contributed by atoms with Crippen molar-refractivity contribution < 1.29 is 0 Å². The molecule has 0 saturated heterocycles. The fourth-order valence-corrected chi connectivity index (χ4v) is 4.58. The average molecular weight is 278 g/mol. The molecule has 19 heavy (non-hydrogen) atoms. The van der Waals surface area contributed by atoms with Crippen molar-refractivity contribution in [3.8, 4) is 0 Å². The van der Waals surface area contributed by atoms with E-state index in [-0.39, 0.29) is 5.54 Å². The lowest BCUT2D eigenvalue weighted by Gasteiger charge is -2.42. The summed E-state index contributed by atoms with van der Waals surface area (Å²) in [5.74, 6) is 1.26. The van der Waals surface area contributed by atoms with Gasteiger partial charge in [-0.2, -0.15) is 0 Å². The van der Waals surface area contributed by atoms with Crippen LogP contribution in [0.5, 0.6) is 0 Å². The van der Waals surface area contributed by atoms with Crippen molar-refractivity contribution in [3.05, 3.63) is 16.1 Å². The van der Waals surface area contributed by atoms with Crippen LogP contribution in [0.15, 0.2) is 5.38 Å². The van der Waals surface area contributed by atoms with Crippen LogP contribution in [0.2, 0.25) is 0 Å². The van der Waals surface area contributed by atoms with Crippen LogP contribution in [0.3, 0.4) is 0 Å². The van der Waals surface area contributed by atoms with Gasteiger partial charge < -0.3 is 5.32 Å². The van der Waals surface area contributed by atoms with Crippen LogP contribution in [0.4, 0.5) is 0 Å². The Labute approximate surface area is 121 Å². The van der Waals surface area contributed by atoms with E-state index < -0.39 is 0 Å². The normalized spacial score (nSPS) is 31.9. The van der Waals surface area contributed by atoms with E-state index in [1.807, 2.05) is 11.3 Å². The molecule has 2 nitrogen and oxygen atoms in total. The number of thiazole rings is 1. The summed E-state index contributed by atoms with van der Waals surface area (Å²) in [6.07, 6.45) is 8.07. The highest BCUT2D eigenvalue weighted by Gasteiger charge is 2.45. The molecule has 2 fully saturated rings. The second kappa shape index (κ2) is 5.17. The molecule has 3 rings (SSSR count). The Balaban J connectivity index is 1.91. The maximum Gasteiger partial charge on any atom is 0.113 e. The fraction of sp³-hybridized carbons (Fsp3) is 0.812. The average Bonchev–Trinajstić information content (AvgIpc) is 3.04. The van der Waals surface area contributed by atoms with Crippen LogP contribution in [-0.2, 0) is 5.54 Å². The van der Waals surface area contributed by atoms with Crippen molar-refractivity contribution in [3.63, 3.8) is 0 Å². The van der Waals surface area contributed by atoms with Gasteiger partial charge in [-0.15, -0.1) is 11.3 Å². The number of nitrogens with one attached hydrogen (secondary N) is 1. The lowest BCUT2D eigenvalue weighted by molar-refractivity contribution is 0.150. The molecule has 1 aromatic rings. The molecule has 0 amide bonds. The molecule has 2 aliphatic rings. The smallest absolute Gasteiger partial charge is 0.113 e. The molecule has 2 atom stereocenters. The van der Waals surface area contributed by atoms with Crippen molar-refractivity contribution in [1.29, 1.82) is 0 Å². The third-order valence-corrected chi connectivity index (χ3v) is 5.87. The zero-order valence-electron chi connectivity index (χ0n) is 12.4. The summed E-state index contributed by atoms with van der Waals surface area (Å²) >= 11 is 1.88. The lowest BCUT2D eigenvalue weighted by atomic mass is 9.73. The van der Waals surface area contributed by atoms with Crippen molar-refractivity contribution in [2.75, 3.05) is 0 Å². The molecule has 2 aliphatic carbocycles. The minimum Gasteiger partial charge on any atom is -0.302 e. The van der Waals surface area contributed by atoms with Crippen molar-refractivity contribution >= 4 is 11.3 Å². The van der Waals surface area contributed by atoms with E-state index in [4.69, 9.17) is 4.98 Å². The van der Waals surface area contributed by atoms with Crippen molar-refractivity contribution in [1.82, 2.24) is 10.3 Å². The van der Waals surface area contributed by atoms with Gasteiger partial charge in [0.2, 0.25) is 0 Å². The maximum atomic E-state index is 4.99. The van der Waals surface area contributed by atoms with Crippen molar-refractivity contribution in [2.45, 2.75) is 76.8 Å². The number of hydrogen-bond donors (Lipinski definition) is 1. The van der Waals surface area contributed by atoms with Gasteiger partial charge in [0.1, 0.15) is 5.01 Å². The van der Waals surface area contributed by atoms with Gasteiger partial charge in [-0.25, -0.2) is 4.98 Å². The second-order valence-electron chi connectivity index (χ2n) is 6.77. The van der Waals surface area contributed by atoms with E-state index in [1.54, 1.807) is 0 Å². The Bertz CT molecular complexity index is 436. The zero-order valence-corrected chi connectivity index (χ0v) is 13.2. The Morgan fingerprint density at radius 2 is 2.11 bits per heavy atom. The highest BCUT2D eigenvalue weighted by molar-refractivity contribution is 7.09. The molecule has 1 N–H and O–H groups in total. The molecule has 0 radical (unpaired) electrons. The minimum atomic E-state index is 0.178. The van der Waals surface area contributed by atoms with E-state index >= 15 is 0 Å². The summed E-state index contributed by atoms with van der Waals surface area (Å²) in [4.78, 5) is 4.99. The summed E-state index contributed by atoms with van der Waals surface area (Å²) in [5, 5.41) is 7.60. The van der Waals surface area contributed by atoms with Gasteiger partial charge in [0.15, 0.2) is 0 Å². The van der Waals surface area contributed by atoms with Crippen LogP contribution in [-0.4, -0.2) is 11.0 Å². The predicted octanol–water partition coefficient (Wildman–Crippen LogP) is 4.42. The molecule has 1 aromatic heterocycles. The number of rotatable bonds is 4. The zero-order chi connectivity index (χ0) is 13.5. The van der Waals surface area contributed by atoms with Crippen molar-refractivity contribution in [2.24, 2.45) is 5.92 Å². The Hall–Kier alpha value is -0.410. The summed E-state index contributed by atoms with van der Waals surface area (Å²) in [6, 6.07) is 0.756. The predicted molar refractivity (Wildman–Crippen MR) is 81.7 cm³/mol. The minimum absolute atomic E-state index is 0.178. The maximum absolute atomic E-state index is 4.99. The van der Waals surface area contributed by atoms with Crippen LogP contribution in [0, 0.1) is 5.92 Å². The third kappa shape index (κ3) is 2.59. The topological polar surface area (TPSA) is 24.9 Å². The lowest BCUT2D eigenvalue weighted by Crippen LogP contribution is -2.50. The van der Waals surface area contributed by atoms with Gasteiger partial charge in [-0.1, -0.05) is 33.6 Å². The first kappa shape index (κ1) is 13.6. The van der Waals surface area contributed by atoms with E-state index in [0.717, 1.165) is 6.04 Å². The third-order valence-electron chi connectivity index (χ3n) is 4.83. The molecule has 0 bridgehead atoms. The second-order valence-corrected chi connectivity index (χ2v) is 7.63. The molecule has 2 unspecified atom stereocenters. The van der Waals surface area contributed by atoms with E-state index in [9.17, 15) is 0 Å². The monoisotopic (exact) mass is 278 g/mol. The molecule has 2 saturated carbocycles. The fourth-order valence-electron chi connectivity index (χ4n) is 3.29. The molecule has 3 heteroatoms. The molecule has 0 aromatic carbocycles. The van der Waals surface area contributed by atoms with Gasteiger partial charge in [0.05, 0.1) is 11.2 Å². The Morgan fingerprint density at radius 3 is 2.68 bits per heavy atom. The molecular formula is C16H26N2S. The van der Waals surface area contributed by atoms with Gasteiger partial charge >= 0.3 is 0 Å². The van der Waals surface area contributed by atoms with Gasteiger partial charge in [0, 0.05) is 11.4 Å². The molecular weight excluding hydrogens is 252 g/mol. The standard InChI is InChI=1S/C16H26N2S/c1-11(2)14-10-19-15(17-14)16(18-13-7-8-13)9-5-4-6-12(16)3/h10-13,18H,4-9H2,1-3H3. The molecule has 1 heterocycles. The van der Waals surface area contributed by atoms with Crippen LogP contribution < -0.4 is 5.32 Å². The first-order valence-corrected chi connectivity index (χ1v) is 8.73. The largest absolute Gasteiger partial charge is 0.302 e. The highest BCUT2D eigenvalue weighted by Crippen LogP contribution is 2.45. The van der Waals surface area contributed by atoms with Crippen LogP contribution in [0.1, 0.15) is 75.9 Å². The van der Waals surface area contributed by atoms with Crippen LogP contribution in [0.25, 0.3) is 0 Å². The number of hydrogen-bond acceptors (Lipinski definition) is 3. The van der Waals surface area contributed by atoms with E-state index in [2.05, 4.69) is 31.5 Å². The van der Waals surface area contributed by atoms with E-state index in [1.165, 1.54) is 49.2 Å². The SMILES string of the molecule is CC(C)c1csc(C2(NC3CC3)CCCCC2C)n1. The Morgan fingerprint density at radius 1 is 1.32 bits per heavy atom. The summed E-state index contributed by atoms with van der Waals surface area (Å²) in [5.41, 5.74) is 1.45. The first-order chi connectivity index (χ1) is 9.12. The highest BCUT2D eigenvalue weighted by atomic mass is 32.1. The first-order valence-electron chi connectivity index (χ1n) is 7.85. The van der Waals surface area contributed by atoms with E-state index in [0.29, 0.717) is 11.8 Å². The van der Waals surface area contributed by atoms with Gasteiger partial charge in [-0.3, -0.25) is 0 Å². The molecule has 106 valence electrons. The summed E-state index contributed by atoms with van der Waals surface area (Å²) in [6.45, 7) is 6.90. The van der Waals surface area contributed by atoms with Gasteiger partial charge in [0.25, 0.3) is 0 Å². The van der Waals surface area contributed by atoms with Crippen LogP contribution >= 0.6 is 11.3 Å². The molecule has 0 spiro atoms. The number of aromatic nitrogens is 1.